The van der Waals surface area contributed by atoms with Crippen LogP contribution in [0.4, 0.5) is 5.69 Å². The van der Waals surface area contributed by atoms with Gasteiger partial charge in [0, 0.05) is 15.7 Å². The van der Waals surface area contributed by atoms with Crippen LogP contribution in [0, 0.1) is 0 Å². The summed E-state index contributed by atoms with van der Waals surface area (Å²) < 4.78 is 11.5. The van der Waals surface area contributed by atoms with Crippen molar-refractivity contribution in [3.8, 4) is 0 Å². The second-order valence-corrected chi connectivity index (χ2v) is 8.19. The number of esters is 2. The first kappa shape index (κ1) is 19.5. The Kier molecular flexibility index (Phi) is 5.85. The summed E-state index contributed by atoms with van der Waals surface area (Å²) in [6.45, 7) is 10.4. The van der Waals surface area contributed by atoms with Crippen molar-refractivity contribution in [2.24, 2.45) is 0 Å². The molecule has 0 bridgehead atoms. The van der Waals surface area contributed by atoms with Gasteiger partial charge in [-0.15, -0.1) is 0 Å². The summed E-state index contributed by atoms with van der Waals surface area (Å²) in [5.74, 6) is -2.58. The second-order valence-electron chi connectivity index (χ2n) is 7.27. The van der Waals surface area contributed by atoms with Crippen LogP contribution in [-0.2, 0) is 19.1 Å². The third kappa shape index (κ3) is 6.22. The van der Waals surface area contributed by atoms with Gasteiger partial charge in [-0.1, -0.05) is 22.0 Å². The Morgan fingerprint density at radius 3 is 1.78 bits per heavy atom. The quantitative estimate of drug-likeness (QED) is 0.486. The molecule has 2 N–H and O–H groups in total. The molecule has 0 unspecified atom stereocenters. The molecule has 0 radical (unpaired) electrons. The van der Waals surface area contributed by atoms with E-state index in [0.29, 0.717) is 11.3 Å². The second kappa shape index (κ2) is 6.91. The molecule has 0 aliphatic carbocycles. The average molecular weight is 386 g/mol. The molecule has 0 amide bonds. The van der Waals surface area contributed by atoms with Crippen LogP contribution < -0.4 is 5.73 Å². The number of ether oxygens (including phenoxy) is 2. The lowest BCUT2D eigenvalue weighted by Gasteiger charge is -2.27. The number of carbonyl (C=O) groups is 2. The monoisotopic (exact) mass is 385 g/mol. The van der Waals surface area contributed by atoms with Gasteiger partial charge in [0.2, 0.25) is 0 Å². The summed E-state index contributed by atoms with van der Waals surface area (Å²) in [4.78, 5) is 25.1. The number of rotatable bonds is 3. The van der Waals surface area contributed by atoms with Crippen molar-refractivity contribution in [3.63, 3.8) is 0 Å². The fourth-order valence-electron chi connectivity index (χ4n) is 1.88. The number of nitrogens with two attached hydrogens (primary N) is 1. The average Bonchev–Trinajstić information content (AvgIpc) is 2.27. The molecule has 1 rings (SSSR count). The van der Waals surface area contributed by atoms with Crippen molar-refractivity contribution < 1.29 is 19.1 Å². The van der Waals surface area contributed by atoms with E-state index in [4.69, 9.17) is 15.2 Å². The summed E-state index contributed by atoms with van der Waals surface area (Å²) in [6.07, 6.45) is 0. The maximum absolute atomic E-state index is 12.5. The van der Waals surface area contributed by atoms with Gasteiger partial charge in [0.05, 0.1) is 0 Å². The SMILES string of the molecule is CC(C)(C)OC(=O)C(C(=O)OC(C)(C)C)c1ccc(Br)cc1N. The topological polar surface area (TPSA) is 78.6 Å². The third-order valence-electron chi connectivity index (χ3n) is 2.64. The molecule has 0 spiro atoms. The molecule has 1 aromatic carbocycles. The lowest BCUT2D eigenvalue weighted by molar-refractivity contribution is -0.169. The van der Waals surface area contributed by atoms with Gasteiger partial charge >= 0.3 is 11.9 Å². The molecule has 0 aliphatic heterocycles. The Morgan fingerprint density at radius 1 is 1.00 bits per heavy atom. The Morgan fingerprint density at radius 2 is 1.43 bits per heavy atom. The standard InChI is InChI=1S/C17H24BrNO4/c1-16(2,3)22-14(20)13(15(21)23-17(4,5)6)11-8-7-10(18)9-12(11)19/h7-9,13H,19H2,1-6H3. The predicted octanol–water partition coefficient (Wildman–Crippen LogP) is 3.80. The Bertz CT molecular complexity index is 572. The Balaban J connectivity index is 3.25. The van der Waals surface area contributed by atoms with Crippen LogP contribution in [0.15, 0.2) is 22.7 Å². The lowest BCUT2D eigenvalue weighted by Crippen LogP contribution is -2.35. The maximum atomic E-state index is 12.5. The molecule has 0 heterocycles. The summed E-state index contributed by atoms with van der Waals surface area (Å²) in [6, 6.07) is 4.97. The van der Waals surface area contributed by atoms with Gasteiger partial charge in [0.1, 0.15) is 11.2 Å². The number of anilines is 1. The van der Waals surface area contributed by atoms with E-state index in [0.717, 1.165) is 4.47 Å². The van der Waals surface area contributed by atoms with Crippen molar-refractivity contribution in [2.45, 2.75) is 58.7 Å². The molecule has 0 aliphatic rings. The highest BCUT2D eigenvalue weighted by atomic mass is 79.9. The van der Waals surface area contributed by atoms with Gasteiger partial charge in [-0.2, -0.15) is 0 Å². The van der Waals surface area contributed by atoms with E-state index >= 15 is 0 Å². The van der Waals surface area contributed by atoms with Crippen LogP contribution >= 0.6 is 15.9 Å². The summed E-state index contributed by atoms with van der Waals surface area (Å²) in [5.41, 5.74) is 5.23. The van der Waals surface area contributed by atoms with E-state index < -0.39 is 29.1 Å². The van der Waals surface area contributed by atoms with Crippen molar-refractivity contribution in [1.82, 2.24) is 0 Å². The number of carbonyl (C=O) groups excluding carboxylic acids is 2. The van der Waals surface area contributed by atoms with Gasteiger partial charge in [0.15, 0.2) is 5.92 Å². The molecule has 6 heteroatoms. The largest absolute Gasteiger partial charge is 0.459 e. The minimum absolute atomic E-state index is 0.320. The van der Waals surface area contributed by atoms with Crippen molar-refractivity contribution >= 4 is 33.6 Å². The highest BCUT2D eigenvalue weighted by molar-refractivity contribution is 9.10. The smallest absolute Gasteiger partial charge is 0.325 e. The van der Waals surface area contributed by atoms with Crippen LogP contribution in [-0.4, -0.2) is 23.1 Å². The summed E-state index contributed by atoms with van der Waals surface area (Å²) >= 11 is 3.30. The molecule has 0 fully saturated rings. The van der Waals surface area contributed by atoms with Crippen LogP contribution in [0.2, 0.25) is 0 Å². The Labute approximate surface area is 145 Å². The first-order valence-corrected chi connectivity index (χ1v) is 8.10. The molecular formula is C17H24BrNO4. The van der Waals surface area contributed by atoms with E-state index in [1.807, 2.05) is 0 Å². The van der Waals surface area contributed by atoms with Gasteiger partial charge in [-0.05, 0) is 53.7 Å². The first-order chi connectivity index (χ1) is 10.3. The minimum atomic E-state index is -1.22. The van der Waals surface area contributed by atoms with E-state index in [2.05, 4.69) is 15.9 Å². The van der Waals surface area contributed by atoms with Crippen molar-refractivity contribution in [1.29, 1.82) is 0 Å². The van der Waals surface area contributed by atoms with E-state index in [-0.39, 0.29) is 0 Å². The molecule has 0 aromatic heterocycles. The van der Waals surface area contributed by atoms with Crippen molar-refractivity contribution in [3.05, 3.63) is 28.2 Å². The molecule has 23 heavy (non-hydrogen) atoms. The fourth-order valence-corrected chi connectivity index (χ4v) is 2.26. The van der Waals surface area contributed by atoms with Gasteiger partial charge < -0.3 is 15.2 Å². The van der Waals surface area contributed by atoms with Crippen molar-refractivity contribution in [2.75, 3.05) is 5.73 Å². The van der Waals surface area contributed by atoms with Crippen LogP contribution in [0.5, 0.6) is 0 Å². The number of benzene rings is 1. The van der Waals surface area contributed by atoms with E-state index in [1.165, 1.54) is 0 Å². The molecule has 0 saturated heterocycles. The highest BCUT2D eigenvalue weighted by Crippen LogP contribution is 2.30. The van der Waals surface area contributed by atoms with E-state index in [9.17, 15) is 9.59 Å². The van der Waals surface area contributed by atoms with Crippen LogP contribution in [0.3, 0.4) is 0 Å². The number of hydrogen-bond acceptors (Lipinski definition) is 5. The van der Waals surface area contributed by atoms with Gasteiger partial charge in [-0.25, -0.2) is 0 Å². The van der Waals surface area contributed by atoms with Gasteiger partial charge in [-0.3, -0.25) is 9.59 Å². The minimum Gasteiger partial charge on any atom is -0.459 e. The normalized spacial score (nSPS) is 12.2. The molecule has 1 aromatic rings. The molecule has 0 saturated carbocycles. The van der Waals surface area contributed by atoms with Crippen LogP contribution in [0.1, 0.15) is 53.0 Å². The number of halogens is 1. The molecule has 0 atom stereocenters. The van der Waals surface area contributed by atoms with Gasteiger partial charge in [0.25, 0.3) is 0 Å². The molecular weight excluding hydrogens is 362 g/mol. The lowest BCUT2D eigenvalue weighted by atomic mass is 9.96. The zero-order valence-electron chi connectivity index (χ0n) is 14.4. The maximum Gasteiger partial charge on any atom is 0.325 e. The zero-order chi connectivity index (χ0) is 18.0. The molecule has 128 valence electrons. The molecule has 5 nitrogen and oxygen atoms in total. The predicted molar refractivity (Wildman–Crippen MR) is 93.0 cm³/mol. The highest BCUT2D eigenvalue weighted by Gasteiger charge is 2.37. The Hall–Kier alpha value is -1.56. The summed E-state index contributed by atoms with van der Waals surface area (Å²) in [7, 11) is 0. The van der Waals surface area contributed by atoms with Crippen LogP contribution in [0.25, 0.3) is 0 Å². The zero-order valence-corrected chi connectivity index (χ0v) is 16.0. The fraction of sp³-hybridized carbons (Fsp3) is 0.529. The number of nitrogen functional groups attached to an aromatic ring is 1. The first-order valence-electron chi connectivity index (χ1n) is 7.31. The number of hydrogen-bond donors (Lipinski definition) is 1. The third-order valence-corrected chi connectivity index (χ3v) is 3.14. The summed E-state index contributed by atoms with van der Waals surface area (Å²) in [5, 5.41) is 0. The van der Waals surface area contributed by atoms with E-state index in [1.54, 1.807) is 59.7 Å².